The van der Waals surface area contributed by atoms with Crippen molar-refractivity contribution in [2.45, 2.75) is 20.8 Å². The Morgan fingerprint density at radius 1 is 1.17 bits per heavy atom. The number of aryl methyl sites for hydroxylation is 2. The van der Waals surface area contributed by atoms with Crippen molar-refractivity contribution in [3.63, 3.8) is 0 Å². The first kappa shape index (κ1) is 27.3. The number of imide groups is 1. The summed E-state index contributed by atoms with van der Waals surface area (Å²) in [7, 11) is 1.44. The third-order valence-electron chi connectivity index (χ3n) is 5.11. The van der Waals surface area contributed by atoms with Crippen LogP contribution < -0.4 is 14.8 Å². The molecule has 0 spiro atoms. The summed E-state index contributed by atoms with van der Waals surface area (Å²) in [6.45, 7) is 4.97. The Balaban J connectivity index is 1.74. The van der Waals surface area contributed by atoms with Crippen LogP contribution in [0.4, 0.5) is 10.5 Å². The van der Waals surface area contributed by atoms with E-state index in [4.69, 9.17) is 14.2 Å². The first-order valence-electron chi connectivity index (χ1n) is 10.9. The summed E-state index contributed by atoms with van der Waals surface area (Å²) in [5.41, 5.74) is 2.97. The molecular weight excluding hydrogens is 552 g/mol. The number of methoxy groups -OCH3 is 1. The fourth-order valence-electron chi connectivity index (χ4n) is 3.42. The molecule has 11 heteroatoms. The standard InChI is InChI=1S/C25H25BrN2O7S/c1-5-34-21(30)13-35-23-17(26)9-16(10-18(23)33-4)11-19-24(31)28(25(32)36-19)12-20(29)27-22-14(2)7-6-8-15(22)3/h6-11H,5,12-13H2,1-4H3,(H,27,29)/b19-11-. The molecule has 1 aliphatic rings. The van der Waals surface area contributed by atoms with Crippen molar-refractivity contribution < 1.29 is 33.4 Å². The number of rotatable bonds is 9. The highest BCUT2D eigenvalue weighted by atomic mass is 79.9. The number of carbonyl (C=O) groups excluding carboxylic acids is 4. The number of halogens is 1. The monoisotopic (exact) mass is 576 g/mol. The predicted molar refractivity (Wildman–Crippen MR) is 140 cm³/mol. The molecule has 2 aromatic carbocycles. The largest absolute Gasteiger partial charge is 0.493 e. The Kier molecular flexibility index (Phi) is 9.16. The van der Waals surface area contributed by atoms with E-state index in [9.17, 15) is 19.2 Å². The third-order valence-corrected chi connectivity index (χ3v) is 6.61. The Morgan fingerprint density at radius 3 is 2.50 bits per heavy atom. The second-order valence-corrected chi connectivity index (χ2v) is 9.56. The van der Waals surface area contributed by atoms with E-state index in [1.807, 2.05) is 32.0 Å². The Morgan fingerprint density at radius 2 is 1.86 bits per heavy atom. The molecule has 2 aromatic rings. The van der Waals surface area contributed by atoms with Gasteiger partial charge in [-0.1, -0.05) is 18.2 Å². The maximum Gasteiger partial charge on any atom is 0.344 e. The number of para-hydroxylation sites is 1. The van der Waals surface area contributed by atoms with Crippen LogP contribution in [0.25, 0.3) is 6.08 Å². The molecule has 1 fully saturated rings. The molecule has 9 nitrogen and oxygen atoms in total. The summed E-state index contributed by atoms with van der Waals surface area (Å²) in [4.78, 5) is 50.7. The van der Waals surface area contributed by atoms with Gasteiger partial charge in [0.25, 0.3) is 11.1 Å². The molecule has 0 bridgehead atoms. The van der Waals surface area contributed by atoms with Crippen molar-refractivity contribution in [3.8, 4) is 11.5 Å². The van der Waals surface area contributed by atoms with E-state index >= 15 is 0 Å². The highest BCUT2D eigenvalue weighted by molar-refractivity contribution is 9.10. The number of nitrogens with one attached hydrogen (secondary N) is 1. The smallest absolute Gasteiger partial charge is 0.344 e. The van der Waals surface area contributed by atoms with Gasteiger partial charge in [0.15, 0.2) is 18.1 Å². The minimum atomic E-state index is -0.570. The summed E-state index contributed by atoms with van der Waals surface area (Å²) in [6.07, 6.45) is 1.52. The lowest BCUT2D eigenvalue weighted by atomic mass is 10.1. The lowest BCUT2D eigenvalue weighted by Gasteiger charge is -2.15. The molecule has 1 N–H and O–H groups in total. The molecule has 1 saturated heterocycles. The SMILES string of the molecule is CCOC(=O)COc1c(Br)cc(/C=C2\SC(=O)N(CC(=O)Nc3c(C)cccc3C)C2=O)cc1OC. The second kappa shape index (κ2) is 12.1. The van der Waals surface area contributed by atoms with E-state index in [0.29, 0.717) is 27.2 Å². The molecule has 0 radical (unpaired) electrons. The number of benzene rings is 2. The third kappa shape index (κ3) is 6.46. The molecule has 0 atom stereocenters. The van der Waals surface area contributed by atoms with Crippen molar-refractivity contribution in [1.29, 1.82) is 0 Å². The molecular formula is C25H25BrN2O7S. The van der Waals surface area contributed by atoms with E-state index in [-0.39, 0.29) is 18.1 Å². The quantitative estimate of drug-likeness (QED) is 0.338. The first-order chi connectivity index (χ1) is 17.1. The van der Waals surface area contributed by atoms with Crippen LogP contribution in [-0.2, 0) is 19.1 Å². The van der Waals surface area contributed by atoms with Crippen LogP contribution in [0.15, 0.2) is 39.7 Å². The zero-order valence-corrected chi connectivity index (χ0v) is 22.6. The maximum atomic E-state index is 12.9. The van der Waals surface area contributed by atoms with Crippen LogP contribution >= 0.6 is 27.7 Å². The van der Waals surface area contributed by atoms with Gasteiger partial charge in [0, 0.05) is 5.69 Å². The van der Waals surface area contributed by atoms with E-state index < -0.39 is 29.6 Å². The van der Waals surface area contributed by atoms with Gasteiger partial charge < -0.3 is 19.5 Å². The maximum absolute atomic E-state index is 12.9. The molecule has 3 amide bonds. The van der Waals surface area contributed by atoms with Gasteiger partial charge in [-0.15, -0.1) is 0 Å². The Bertz CT molecular complexity index is 1220. The van der Waals surface area contributed by atoms with Gasteiger partial charge in [-0.25, -0.2) is 4.79 Å². The molecule has 1 aliphatic heterocycles. The second-order valence-electron chi connectivity index (χ2n) is 7.71. The Hall–Kier alpha value is -3.31. The van der Waals surface area contributed by atoms with Crippen molar-refractivity contribution >= 4 is 62.5 Å². The number of carbonyl (C=O) groups is 4. The number of hydrogen-bond acceptors (Lipinski definition) is 8. The number of ether oxygens (including phenoxy) is 3. The van der Waals surface area contributed by atoms with E-state index in [1.165, 1.54) is 13.2 Å². The lowest BCUT2D eigenvalue weighted by Crippen LogP contribution is -2.36. The van der Waals surface area contributed by atoms with Crippen molar-refractivity contribution in [3.05, 3.63) is 56.4 Å². The van der Waals surface area contributed by atoms with Gasteiger partial charge >= 0.3 is 5.97 Å². The van der Waals surface area contributed by atoms with Crippen LogP contribution in [0.3, 0.4) is 0 Å². The van der Waals surface area contributed by atoms with Crippen LogP contribution in [0.5, 0.6) is 11.5 Å². The van der Waals surface area contributed by atoms with Crippen LogP contribution in [0.1, 0.15) is 23.6 Å². The van der Waals surface area contributed by atoms with Crippen molar-refractivity contribution in [1.82, 2.24) is 4.90 Å². The van der Waals surface area contributed by atoms with Gasteiger partial charge in [-0.3, -0.25) is 19.3 Å². The Labute approximate surface area is 221 Å². The number of esters is 1. The fourth-order valence-corrected chi connectivity index (χ4v) is 4.83. The van der Waals surface area contributed by atoms with Crippen LogP contribution in [0, 0.1) is 13.8 Å². The highest BCUT2D eigenvalue weighted by Gasteiger charge is 2.36. The van der Waals surface area contributed by atoms with Gasteiger partial charge in [0.05, 0.1) is 23.1 Å². The zero-order valence-electron chi connectivity index (χ0n) is 20.2. The average molecular weight is 577 g/mol. The van der Waals surface area contributed by atoms with E-state index in [1.54, 1.807) is 19.1 Å². The van der Waals surface area contributed by atoms with Crippen LogP contribution in [0.2, 0.25) is 0 Å². The summed E-state index contributed by atoms with van der Waals surface area (Å²) in [5, 5.41) is 2.25. The number of amides is 3. The number of hydrogen-bond donors (Lipinski definition) is 1. The number of anilines is 1. The number of nitrogens with zero attached hydrogens (tertiary/aromatic N) is 1. The normalized spacial score (nSPS) is 14.2. The molecule has 1 heterocycles. The number of thioether (sulfide) groups is 1. The average Bonchev–Trinajstić information content (AvgIpc) is 3.08. The zero-order chi connectivity index (χ0) is 26.4. The first-order valence-corrected chi connectivity index (χ1v) is 12.5. The van der Waals surface area contributed by atoms with Gasteiger partial charge in [-0.05, 0) is 83.4 Å². The molecule has 0 aliphatic carbocycles. The summed E-state index contributed by atoms with van der Waals surface area (Å²) >= 11 is 4.13. The minimum Gasteiger partial charge on any atom is -0.493 e. The van der Waals surface area contributed by atoms with Gasteiger partial charge in [-0.2, -0.15) is 0 Å². The molecule has 0 saturated carbocycles. The molecule has 0 aromatic heterocycles. The van der Waals surface area contributed by atoms with Crippen molar-refractivity contribution in [2.75, 3.05) is 32.2 Å². The molecule has 36 heavy (non-hydrogen) atoms. The topological polar surface area (TPSA) is 111 Å². The van der Waals surface area contributed by atoms with Crippen molar-refractivity contribution in [2.24, 2.45) is 0 Å². The van der Waals surface area contributed by atoms with E-state index in [0.717, 1.165) is 27.8 Å². The molecule has 190 valence electrons. The summed E-state index contributed by atoms with van der Waals surface area (Å²) in [5.74, 6) is -0.959. The predicted octanol–water partition coefficient (Wildman–Crippen LogP) is 4.69. The fraction of sp³-hybridized carbons (Fsp3) is 0.280. The molecule has 0 unspecified atom stereocenters. The molecule has 3 rings (SSSR count). The minimum absolute atomic E-state index is 0.161. The van der Waals surface area contributed by atoms with E-state index in [2.05, 4.69) is 21.2 Å². The summed E-state index contributed by atoms with van der Waals surface area (Å²) < 4.78 is 16.2. The van der Waals surface area contributed by atoms with Gasteiger partial charge in [0.2, 0.25) is 5.91 Å². The van der Waals surface area contributed by atoms with Crippen LogP contribution in [-0.4, -0.2) is 54.8 Å². The lowest BCUT2D eigenvalue weighted by molar-refractivity contribution is -0.145. The van der Waals surface area contributed by atoms with Gasteiger partial charge in [0.1, 0.15) is 6.54 Å². The highest BCUT2D eigenvalue weighted by Crippen LogP contribution is 2.39. The summed E-state index contributed by atoms with van der Waals surface area (Å²) in [6, 6.07) is 8.88.